The fourth-order valence-corrected chi connectivity index (χ4v) is 2.24. The Kier molecular flexibility index (Phi) is 9.87. The van der Waals surface area contributed by atoms with Gasteiger partial charge in [0.25, 0.3) is 5.91 Å². The molecule has 1 aromatic rings. The molecular weight excluding hydrogens is 388 g/mol. The lowest BCUT2D eigenvalue weighted by atomic mass is 10.2. The van der Waals surface area contributed by atoms with Gasteiger partial charge in [-0.05, 0) is 44.0 Å². The number of benzene rings is 1. The molecule has 154 valence electrons. The summed E-state index contributed by atoms with van der Waals surface area (Å²) in [7, 11) is 1.48. The summed E-state index contributed by atoms with van der Waals surface area (Å²) < 4.78 is 15.7. The standard InChI is InChI=1S/C19H25ClN2O6/c1-5-8-21-19(25)22-16(23)11-27-17(24)7-6-13-9-14(20)18(28-12(2)3)15(10-13)26-4/h6-7,9-10,12H,5,8,11H2,1-4H3,(H2,21,22,23,25)/b7-6+. The van der Waals surface area contributed by atoms with Crippen molar-refractivity contribution in [2.45, 2.75) is 33.3 Å². The molecule has 0 saturated heterocycles. The summed E-state index contributed by atoms with van der Waals surface area (Å²) in [6.45, 7) is 5.47. The highest BCUT2D eigenvalue weighted by Gasteiger charge is 2.13. The molecule has 0 atom stereocenters. The molecule has 0 heterocycles. The number of amides is 3. The number of hydrogen-bond donors (Lipinski definition) is 2. The number of esters is 1. The number of carbonyl (C=O) groups is 3. The minimum atomic E-state index is -0.748. The highest BCUT2D eigenvalue weighted by Crippen LogP contribution is 2.37. The quantitative estimate of drug-likeness (QED) is 0.477. The summed E-state index contributed by atoms with van der Waals surface area (Å²) in [5.74, 6) is -0.638. The zero-order valence-corrected chi connectivity index (χ0v) is 17.1. The van der Waals surface area contributed by atoms with Gasteiger partial charge in [0.1, 0.15) is 0 Å². The van der Waals surface area contributed by atoms with Crippen LogP contribution in [0.5, 0.6) is 11.5 Å². The molecule has 0 aliphatic carbocycles. The first kappa shape index (κ1) is 23.3. The van der Waals surface area contributed by atoms with Crippen LogP contribution >= 0.6 is 11.6 Å². The van der Waals surface area contributed by atoms with Crippen LogP contribution in [0.1, 0.15) is 32.8 Å². The molecule has 0 radical (unpaired) electrons. The highest BCUT2D eigenvalue weighted by molar-refractivity contribution is 6.32. The third-order valence-electron chi connectivity index (χ3n) is 3.15. The molecule has 0 aromatic heterocycles. The van der Waals surface area contributed by atoms with E-state index in [-0.39, 0.29) is 6.10 Å². The van der Waals surface area contributed by atoms with Gasteiger partial charge in [0.15, 0.2) is 18.1 Å². The van der Waals surface area contributed by atoms with Crippen LogP contribution in [-0.4, -0.2) is 44.3 Å². The molecule has 1 rings (SSSR count). The fourth-order valence-electron chi connectivity index (χ4n) is 1.98. The van der Waals surface area contributed by atoms with Crippen molar-refractivity contribution in [2.75, 3.05) is 20.3 Å². The second-order valence-corrected chi connectivity index (χ2v) is 6.35. The monoisotopic (exact) mass is 412 g/mol. The Balaban J connectivity index is 2.63. The second kappa shape index (κ2) is 11.9. The first-order valence-corrected chi connectivity index (χ1v) is 9.11. The average molecular weight is 413 g/mol. The lowest BCUT2D eigenvalue weighted by Crippen LogP contribution is -2.41. The van der Waals surface area contributed by atoms with E-state index in [0.717, 1.165) is 12.5 Å². The topological polar surface area (TPSA) is 103 Å². The van der Waals surface area contributed by atoms with Gasteiger partial charge in [-0.25, -0.2) is 9.59 Å². The minimum absolute atomic E-state index is 0.0852. The first-order valence-electron chi connectivity index (χ1n) is 8.73. The van der Waals surface area contributed by atoms with Crippen molar-refractivity contribution in [3.63, 3.8) is 0 Å². The van der Waals surface area contributed by atoms with Crippen molar-refractivity contribution in [2.24, 2.45) is 0 Å². The van der Waals surface area contributed by atoms with Crippen LogP contribution in [0.3, 0.4) is 0 Å². The van der Waals surface area contributed by atoms with E-state index in [9.17, 15) is 14.4 Å². The Morgan fingerprint density at radius 3 is 2.57 bits per heavy atom. The van der Waals surface area contributed by atoms with Gasteiger partial charge in [-0.1, -0.05) is 18.5 Å². The van der Waals surface area contributed by atoms with Gasteiger partial charge in [0, 0.05) is 12.6 Å². The van der Waals surface area contributed by atoms with Gasteiger partial charge in [-0.15, -0.1) is 0 Å². The van der Waals surface area contributed by atoms with Crippen molar-refractivity contribution < 1.29 is 28.6 Å². The molecule has 28 heavy (non-hydrogen) atoms. The van der Waals surface area contributed by atoms with Crippen LogP contribution in [0.25, 0.3) is 6.08 Å². The third kappa shape index (κ3) is 8.30. The Hall–Kier alpha value is -2.74. The van der Waals surface area contributed by atoms with Gasteiger partial charge < -0.3 is 19.5 Å². The van der Waals surface area contributed by atoms with Crippen LogP contribution in [0.2, 0.25) is 5.02 Å². The molecule has 0 aliphatic heterocycles. The molecular formula is C19H25ClN2O6. The fraction of sp³-hybridized carbons (Fsp3) is 0.421. The first-order chi connectivity index (χ1) is 13.3. The summed E-state index contributed by atoms with van der Waals surface area (Å²) in [5, 5.41) is 4.85. The van der Waals surface area contributed by atoms with Gasteiger partial charge in [0.2, 0.25) is 0 Å². The Morgan fingerprint density at radius 2 is 1.96 bits per heavy atom. The molecule has 0 aliphatic rings. The van der Waals surface area contributed by atoms with E-state index in [2.05, 4.69) is 5.32 Å². The molecule has 0 bridgehead atoms. The number of rotatable bonds is 9. The maximum Gasteiger partial charge on any atom is 0.331 e. The summed E-state index contributed by atoms with van der Waals surface area (Å²) in [4.78, 5) is 34.6. The van der Waals surface area contributed by atoms with E-state index in [4.69, 9.17) is 25.8 Å². The zero-order chi connectivity index (χ0) is 21.1. The van der Waals surface area contributed by atoms with E-state index >= 15 is 0 Å². The molecule has 0 saturated carbocycles. The van der Waals surface area contributed by atoms with E-state index in [1.54, 1.807) is 12.1 Å². The van der Waals surface area contributed by atoms with Crippen molar-refractivity contribution in [1.29, 1.82) is 0 Å². The number of nitrogens with one attached hydrogen (secondary N) is 2. The molecule has 9 heteroatoms. The lowest BCUT2D eigenvalue weighted by Gasteiger charge is -2.15. The summed E-state index contributed by atoms with van der Waals surface area (Å²) in [6, 6.07) is 2.62. The van der Waals surface area contributed by atoms with Crippen molar-refractivity contribution in [3.8, 4) is 11.5 Å². The number of halogens is 1. The number of urea groups is 1. The minimum Gasteiger partial charge on any atom is -0.493 e. The third-order valence-corrected chi connectivity index (χ3v) is 3.43. The van der Waals surface area contributed by atoms with Gasteiger partial charge in [-0.2, -0.15) is 0 Å². The van der Waals surface area contributed by atoms with Gasteiger partial charge >= 0.3 is 12.0 Å². The van der Waals surface area contributed by atoms with E-state index in [0.29, 0.717) is 28.6 Å². The normalized spacial score (nSPS) is 10.6. The van der Waals surface area contributed by atoms with Crippen molar-refractivity contribution in [1.82, 2.24) is 10.6 Å². The van der Waals surface area contributed by atoms with E-state index in [1.165, 1.54) is 13.2 Å². The molecule has 1 aromatic carbocycles. The van der Waals surface area contributed by atoms with E-state index in [1.807, 2.05) is 26.1 Å². The summed E-state index contributed by atoms with van der Waals surface area (Å²) >= 11 is 6.21. The number of ether oxygens (including phenoxy) is 3. The van der Waals surface area contributed by atoms with Crippen LogP contribution in [0, 0.1) is 0 Å². The number of hydrogen-bond acceptors (Lipinski definition) is 6. The predicted octanol–water partition coefficient (Wildman–Crippen LogP) is 2.93. The average Bonchev–Trinajstić information content (AvgIpc) is 2.64. The highest BCUT2D eigenvalue weighted by atomic mass is 35.5. The second-order valence-electron chi connectivity index (χ2n) is 5.95. The molecule has 0 fully saturated rings. The summed E-state index contributed by atoms with van der Waals surface area (Å²) in [6.07, 6.45) is 3.25. The van der Waals surface area contributed by atoms with Gasteiger partial charge in [0.05, 0.1) is 18.2 Å². The molecule has 8 nitrogen and oxygen atoms in total. The van der Waals surface area contributed by atoms with Crippen LogP contribution in [-0.2, 0) is 14.3 Å². The maximum atomic E-state index is 11.8. The SMILES string of the molecule is CCCNC(=O)NC(=O)COC(=O)/C=C/c1cc(Cl)c(OC(C)C)c(OC)c1. The summed E-state index contributed by atoms with van der Waals surface area (Å²) in [5.41, 5.74) is 0.582. The Morgan fingerprint density at radius 1 is 1.25 bits per heavy atom. The Bertz CT molecular complexity index is 733. The molecule has 3 amide bonds. The number of imide groups is 1. The zero-order valence-electron chi connectivity index (χ0n) is 16.3. The lowest BCUT2D eigenvalue weighted by molar-refractivity contribution is -0.143. The number of methoxy groups -OCH3 is 1. The molecule has 0 unspecified atom stereocenters. The molecule has 2 N–H and O–H groups in total. The van der Waals surface area contributed by atoms with Crippen LogP contribution in [0.4, 0.5) is 4.79 Å². The Labute approximate surface area is 169 Å². The van der Waals surface area contributed by atoms with Crippen LogP contribution in [0.15, 0.2) is 18.2 Å². The smallest absolute Gasteiger partial charge is 0.331 e. The van der Waals surface area contributed by atoms with E-state index < -0.39 is 24.5 Å². The van der Waals surface area contributed by atoms with Crippen molar-refractivity contribution >= 4 is 35.6 Å². The van der Waals surface area contributed by atoms with Crippen LogP contribution < -0.4 is 20.1 Å². The van der Waals surface area contributed by atoms with Crippen molar-refractivity contribution in [3.05, 3.63) is 28.8 Å². The maximum absolute atomic E-state index is 11.8. The van der Waals surface area contributed by atoms with Gasteiger partial charge in [-0.3, -0.25) is 10.1 Å². The predicted molar refractivity (Wildman–Crippen MR) is 106 cm³/mol. The number of carbonyl (C=O) groups excluding carboxylic acids is 3. The largest absolute Gasteiger partial charge is 0.493 e. The molecule has 0 spiro atoms.